The minimum absolute atomic E-state index is 0.101. The number of halogens is 10. The molecule has 0 spiro atoms. The fraction of sp³-hybridized carbons (Fsp3) is 0.143. The molecule has 2 rings (SSSR count). The lowest BCUT2D eigenvalue weighted by molar-refractivity contribution is 0.107. The first-order valence-electron chi connectivity index (χ1n) is 6.88. The Hall–Kier alpha value is -1.60. The molecule has 1 nitrogen and oxygen atoms in total. The van der Waals surface area contributed by atoms with Crippen LogP contribution < -0.4 is 0 Å². The van der Waals surface area contributed by atoms with Gasteiger partial charge in [-0.25, -0.2) is 0 Å². The van der Waals surface area contributed by atoms with E-state index < -0.39 is 30.2 Å². The van der Waals surface area contributed by atoms with Crippen molar-refractivity contribution in [3.8, 4) is 0 Å². The molecule has 0 aliphatic rings. The Morgan fingerprint density at radius 2 is 0.741 bits per heavy atom. The van der Waals surface area contributed by atoms with Crippen molar-refractivity contribution in [1.82, 2.24) is 0 Å². The van der Waals surface area contributed by atoms with E-state index in [9.17, 15) is 38.9 Å². The Labute approximate surface area is 147 Å². The number of hydrogen-bond acceptors (Lipinski definition) is 1. The zero-order valence-electron chi connectivity index (χ0n) is 13.0. The minimum atomic E-state index is -9.77. The summed E-state index contributed by atoms with van der Waals surface area (Å²) in [6.45, 7) is -0.659. The molecule has 0 atom stereocenters. The smallest absolute Gasteiger partial charge is 0.310 e. The summed E-state index contributed by atoms with van der Waals surface area (Å²) in [7, 11) is -19.5. The van der Waals surface area contributed by atoms with Gasteiger partial charge in [-0.1, -0.05) is 63.1 Å². The summed E-state index contributed by atoms with van der Waals surface area (Å²) in [5.41, 5.74) is 0.202. The third kappa shape index (κ3) is 6.21. The van der Waals surface area contributed by atoms with Crippen molar-refractivity contribution in [3.05, 3.63) is 59.7 Å². The lowest BCUT2D eigenvalue weighted by Gasteiger charge is -2.40. The van der Waals surface area contributed by atoms with E-state index in [2.05, 4.69) is 0 Å². The maximum absolute atomic E-state index is 12.6. The second-order valence-electron chi connectivity index (χ2n) is 5.72. The second kappa shape index (κ2) is 5.06. The molecule has 156 valence electrons. The van der Waals surface area contributed by atoms with Gasteiger partial charge in [0.2, 0.25) is 0 Å². The van der Waals surface area contributed by atoms with Crippen LogP contribution in [0.2, 0.25) is 0 Å². The first kappa shape index (κ1) is 21.7. The van der Waals surface area contributed by atoms with Crippen LogP contribution in [0.15, 0.2) is 58.3 Å². The van der Waals surface area contributed by atoms with E-state index in [4.69, 9.17) is 4.74 Å². The van der Waals surface area contributed by atoms with Crippen molar-refractivity contribution >= 4 is 20.4 Å². The van der Waals surface area contributed by atoms with E-state index in [0.717, 1.165) is 24.3 Å². The van der Waals surface area contributed by atoms with Gasteiger partial charge in [0, 0.05) is 0 Å². The minimum Gasteiger partial charge on any atom is -0.372 e. The summed E-state index contributed by atoms with van der Waals surface area (Å²) < 4.78 is 131. The van der Waals surface area contributed by atoms with Crippen LogP contribution in [0, 0.1) is 0 Å². The monoisotopic (exact) mass is 450 g/mol. The highest BCUT2D eigenvalue weighted by Gasteiger charge is 2.66. The highest BCUT2D eigenvalue weighted by Crippen LogP contribution is 3.02. The van der Waals surface area contributed by atoms with Gasteiger partial charge >= 0.3 is 20.4 Å². The van der Waals surface area contributed by atoms with Crippen LogP contribution in [-0.4, -0.2) is 0 Å². The average Bonchev–Trinajstić information content (AvgIpc) is 2.43. The van der Waals surface area contributed by atoms with Crippen LogP contribution >= 0.6 is 20.4 Å². The molecular weight excluding hydrogens is 438 g/mol. The van der Waals surface area contributed by atoms with E-state index >= 15 is 0 Å². The molecule has 0 saturated carbocycles. The normalized spacial score (nSPS) is 18.1. The summed E-state index contributed by atoms with van der Waals surface area (Å²) in [4.78, 5) is -4.13. The molecule has 2 aromatic rings. The zero-order valence-corrected chi connectivity index (χ0v) is 14.7. The van der Waals surface area contributed by atoms with E-state index in [1.54, 1.807) is 0 Å². The molecule has 0 aliphatic heterocycles. The summed E-state index contributed by atoms with van der Waals surface area (Å²) in [6.07, 6.45) is 0. The quantitative estimate of drug-likeness (QED) is 0.400. The lowest BCUT2D eigenvalue weighted by Crippen LogP contribution is -2.06. The zero-order chi connectivity index (χ0) is 20.9. The van der Waals surface area contributed by atoms with E-state index in [-0.39, 0.29) is 48.6 Å². The van der Waals surface area contributed by atoms with Crippen LogP contribution in [0.3, 0.4) is 0 Å². The van der Waals surface area contributed by atoms with Crippen molar-refractivity contribution < 1.29 is 43.6 Å². The SMILES string of the molecule is FS(F)(F)(F)(F)c1ccc(COCc2ccc(S(F)(F)(F)(F)F)cc2)cc1. The Kier molecular flexibility index (Phi) is 4.06. The number of benzene rings is 2. The molecule has 0 amide bonds. The standard InChI is InChI=1S/C14H12F10OS2/c15-26(16,17,18,19)13-5-1-11(2-6-13)9-25-10-12-3-7-14(8-4-12)27(20,21,22,23)24/h1-8H,9-10H2. The Balaban J connectivity index is 2.00. The molecule has 0 aliphatic carbocycles. The highest BCUT2D eigenvalue weighted by atomic mass is 32.5. The van der Waals surface area contributed by atoms with Gasteiger partial charge in [-0.15, -0.1) is 0 Å². The van der Waals surface area contributed by atoms with Crippen molar-refractivity contribution in [2.75, 3.05) is 0 Å². The van der Waals surface area contributed by atoms with Crippen molar-refractivity contribution in [2.24, 2.45) is 0 Å². The molecule has 0 fully saturated rings. The molecule has 0 N–H and O–H groups in total. The van der Waals surface area contributed by atoms with Crippen molar-refractivity contribution in [2.45, 2.75) is 23.0 Å². The van der Waals surface area contributed by atoms with Gasteiger partial charge in [0.15, 0.2) is 0 Å². The predicted octanol–water partition coefficient (Wildman–Crippen LogP) is 8.72. The molecule has 0 bridgehead atoms. The first-order valence-corrected chi connectivity index (χ1v) is 10.8. The lowest BCUT2D eigenvalue weighted by atomic mass is 10.2. The number of ether oxygens (including phenoxy) is 1. The summed E-state index contributed by atoms with van der Waals surface area (Å²) in [6, 6.07) is 3.87. The van der Waals surface area contributed by atoms with E-state index in [0.29, 0.717) is 0 Å². The molecule has 0 heterocycles. The molecule has 0 radical (unpaired) electrons. The summed E-state index contributed by atoms with van der Waals surface area (Å²) in [5.74, 6) is 0. The summed E-state index contributed by atoms with van der Waals surface area (Å²) >= 11 is 0. The Bertz CT molecular complexity index is 765. The fourth-order valence-electron chi connectivity index (χ4n) is 1.97. The van der Waals surface area contributed by atoms with Crippen LogP contribution in [0.1, 0.15) is 11.1 Å². The first-order chi connectivity index (χ1) is 11.6. The number of hydrogen-bond donors (Lipinski definition) is 0. The predicted molar refractivity (Wildman–Crippen MR) is 84.2 cm³/mol. The Morgan fingerprint density at radius 1 is 0.481 bits per heavy atom. The van der Waals surface area contributed by atoms with Crippen LogP contribution in [0.5, 0.6) is 0 Å². The number of rotatable bonds is 6. The molecule has 0 aromatic heterocycles. The van der Waals surface area contributed by atoms with Gasteiger partial charge in [-0.3, -0.25) is 0 Å². The van der Waals surface area contributed by atoms with Crippen molar-refractivity contribution in [3.63, 3.8) is 0 Å². The van der Waals surface area contributed by atoms with Gasteiger partial charge in [0.05, 0.1) is 13.2 Å². The second-order valence-corrected chi connectivity index (χ2v) is 10.5. The molecule has 0 unspecified atom stereocenters. The van der Waals surface area contributed by atoms with E-state index in [1.165, 1.54) is 0 Å². The summed E-state index contributed by atoms with van der Waals surface area (Å²) in [5, 5.41) is 0. The third-order valence-electron chi connectivity index (χ3n) is 3.28. The van der Waals surface area contributed by atoms with Crippen LogP contribution in [-0.2, 0) is 18.0 Å². The van der Waals surface area contributed by atoms with Gasteiger partial charge in [0.1, 0.15) is 9.79 Å². The molecular formula is C14H12F10OS2. The Morgan fingerprint density at radius 3 is 0.963 bits per heavy atom. The van der Waals surface area contributed by atoms with E-state index in [1.807, 2.05) is 0 Å². The fourth-order valence-corrected chi connectivity index (χ4v) is 3.27. The topological polar surface area (TPSA) is 9.23 Å². The van der Waals surface area contributed by atoms with Gasteiger partial charge < -0.3 is 4.74 Å². The van der Waals surface area contributed by atoms with Crippen molar-refractivity contribution in [1.29, 1.82) is 0 Å². The van der Waals surface area contributed by atoms with Gasteiger partial charge in [-0.05, 0) is 35.4 Å². The molecule has 2 aromatic carbocycles. The van der Waals surface area contributed by atoms with Crippen LogP contribution in [0.25, 0.3) is 0 Å². The largest absolute Gasteiger partial charge is 0.372 e. The molecule has 27 heavy (non-hydrogen) atoms. The highest BCUT2D eigenvalue weighted by molar-refractivity contribution is 8.46. The van der Waals surface area contributed by atoms with Crippen LogP contribution in [0.4, 0.5) is 38.9 Å². The van der Waals surface area contributed by atoms with Gasteiger partial charge in [-0.2, -0.15) is 0 Å². The third-order valence-corrected chi connectivity index (χ3v) is 5.60. The van der Waals surface area contributed by atoms with Gasteiger partial charge in [0.25, 0.3) is 0 Å². The molecule has 13 heteroatoms. The average molecular weight is 450 g/mol. The molecule has 0 saturated heterocycles. The maximum Gasteiger partial charge on any atom is 0.310 e. The maximum atomic E-state index is 12.6.